The third-order valence-corrected chi connectivity index (χ3v) is 3.25. The topological polar surface area (TPSA) is 68.3 Å². The van der Waals surface area contributed by atoms with E-state index in [1.807, 2.05) is 5.43 Å². The van der Waals surface area contributed by atoms with Gasteiger partial charge < -0.3 is 4.42 Å². The van der Waals surface area contributed by atoms with Crippen molar-refractivity contribution in [3.63, 3.8) is 0 Å². The molecule has 0 aliphatic rings. The van der Waals surface area contributed by atoms with Gasteiger partial charge in [-0.2, -0.15) is 0 Å². The number of amides is 1. The maximum absolute atomic E-state index is 12.7. The van der Waals surface area contributed by atoms with Gasteiger partial charge in [0.1, 0.15) is 11.6 Å². The highest BCUT2D eigenvalue weighted by Gasteiger charge is 2.09. The average molecular weight is 266 g/mol. The maximum Gasteiger partial charge on any atom is 0.300 e. The summed E-state index contributed by atoms with van der Waals surface area (Å²) in [4.78, 5) is 12.1. The van der Waals surface area contributed by atoms with Crippen LogP contribution in [0.25, 0.3) is 0 Å². The van der Waals surface area contributed by atoms with Gasteiger partial charge in [0.05, 0.1) is 5.75 Å². The zero-order chi connectivity index (χ0) is 13.0. The predicted octanol–water partition coefficient (Wildman–Crippen LogP) is 2.31. The van der Waals surface area contributed by atoms with Crippen LogP contribution in [-0.2, 0) is 5.75 Å². The summed E-state index contributed by atoms with van der Waals surface area (Å²) in [6.45, 7) is 0. The van der Waals surface area contributed by atoms with Crippen molar-refractivity contribution < 1.29 is 13.6 Å². The van der Waals surface area contributed by atoms with E-state index in [-0.39, 0.29) is 11.6 Å². The molecule has 0 fully saturated rings. The molecule has 1 aromatic heterocycles. The number of rotatable bonds is 4. The van der Waals surface area contributed by atoms with Crippen molar-refractivity contribution in [1.82, 2.24) is 5.43 Å². The van der Waals surface area contributed by atoms with Crippen LogP contribution in [0.5, 0.6) is 0 Å². The molecule has 0 spiro atoms. The summed E-state index contributed by atoms with van der Waals surface area (Å²) in [6.07, 6.45) is 0. The van der Waals surface area contributed by atoms with Crippen molar-refractivity contribution in [2.24, 2.45) is 5.84 Å². The molecule has 2 aromatic rings. The van der Waals surface area contributed by atoms with E-state index in [9.17, 15) is 9.18 Å². The van der Waals surface area contributed by atoms with Gasteiger partial charge in [0.2, 0.25) is 0 Å². The molecule has 1 heterocycles. The van der Waals surface area contributed by atoms with E-state index < -0.39 is 5.91 Å². The number of halogens is 1. The fourth-order valence-electron chi connectivity index (χ4n) is 1.33. The minimum Gasteiger partial charge on any atom is -0.455 e. The van der Waals surface area contributed by atoms with Crippen LogP contribution in [0.4, 0.5) is 4.39 Å². The number of nitrogens with one attached hydrogen (secondary N) is 1. The molecule has 94 valence electrons. The second kappa shape index (κ2) is 5.70. The predicted molar refractivity (Wildman–Crippen MR) is 66.3 cm³/mol. The normalized spacial score (nSPS) is 10.3. The minimum atomic E-state index is -0.465. The number of benzene rings is 1. The third-order valence-electron chi connectivity index (χ3n) is 2.21. The van der Waals surface area contributed by atoms with Crippen LogP contribution >= 0.6 is 11.8 Å². The molecule has 1 amide bonds. The number of nitrogen functional groups attached to an aromatic ring is 1. The van der Waals surface area contributed by atoms with E-state index in [4.69, 9.17) is 10.3 Å². The van der Waals surface area contributed by atoms with E-state index >= 15 is 0 Å². The van der Waals surface area contributed by atoms with Crippen LogP contribution in [0.15, 0.2) is 45.7 Å². The largest absolute Gasteiger partial charge is 0.455 e. The number of thioether (sulfide) groups is 1. The van der Waals surface area contributed by atoms with Crippen molar-refractivity contribution >= 4 is 17.7 Å². The number of hydrogen-bond acceptors (Lipinski definition) is 4. The minimum absolute atomic E-state index is 0.173. The highest BCUT2D eigenvalue weighted by atomic mass is 32.2. The zero-order valence-corrected chi connectivity index (χ0v) is 10.2. The number of furan rings is 1. The van der Waals surface area contributed by atoms with E-state index in [0.717, 1.165) is 4.90 Å². The van der Waals surface area contributed by atoms with Gasteiger partial charge in [-0.05, 0) is 36.4 Å². The molecular formula is C12H11FN2O2S. The van der Waals surface area contributed by atoms with Crippen molar-refractivity contribution in [1.29, 1.82) is 0 Å². The summed E-state index contributed by atoms with van der Waals surface area (Å²) in [7, 11) is 0. The molecule has 0 saturated heterocycles. The Hall–Kier alpha value is -1.79. The number of carbonyl (C=O) groups is 1. The molecule has 0 atom stereocenters. The number of hydrazine groups is 1. The van der Waals surface area contributed by atoms with Crippen LogP contribution in [0.1, 0.15) is 16.3 Å². The van der Waals surface area contributed by atoms with Gasteiger partial charge in [0.15, 0.2) is 5.76 Å². The fourth-order valence-corrected chi connectivity index (χ4v) is 2.13. The van der Waals surface area contributed by atoms with Crippen molar-refractivity contribution in [3.8, 4) is 0 Å². The monoisotopic (exact) mass is 266 g/mol. The second-order valence-electron chi connectivity index (χ2n) is 3.48. The Morgan fingerprint density at radius 2 is 2.00 bits per heavy atom. The van der Waals surface area contributed by atoms with Crippen LogP contribution < -0.4 is 11.3 Å². The molecule has 0 bridgehead atoms. The van der Waals surface area contributed by atoms with Gasteiger partial charge in [0.25, 0.3) is 0 Å². The maximum atomic E-state index is 12.7. The molecule has 18 heavy (non-hydrogen) atoms. The Labute approximate surface area is 107 Å². The Morgan fingerprint density at radius 3 is 2.67 bits per heavy atom. The van der Waals surface area contributed by atoms with E-state index in [1.54, 1.807) is 24.3 Å². The Balaban J connectivity index is 1.96. The SMILES string of the molecule is NNC(=O)c1ccc(CSc2ccc(F)cc2)o1. The van der Waals surface area contributed by atoms with Crippen LogP contribution in [0.2, 0.25) is 0 Å². The Morgan fingerprint density at radius 1 is 1.28 bits per heavy atom. The number of nitrogens with two attached hydrogens (primary N) is 1. The van der Waals surface area contributed by atoms with E-state index in [0.29, 0.717) is 11.5 Å². The first-order valence-electron chi connectivity index (χ1n) is 5.17. The van der Waals surface area contributed by atoms with Gasteiger partial charge in [-0.25, -0.2) is 10.2 Å². The molecule has 2 rings (SSSR count). The standard InChI is InChI=1S/C12H11FN2O2S/c13-8-1-4-10(5-2-8)18-7-9-3-6-11(17-9)12(16)15-14/h1-6H,7,14H2,(H,15,16). The highest BCUT2D eigenvalue weighted by molar-refractivity contribution is 7.98. The van der Waals surface area contributed by atoms with Crippen molar-refractivity contribution in [2.75, 3.05) is 0 Å². The van der Waals surface area contributed by atoms with Gasteiger partial charge in [-0.3, -0.25) is 10.2 Å². The summed E-state index contributed by atoms with van der Waals surface area (Å²) in [5.41, 5.74) is 1.99. The van der Waals surface area contributed by atoms with Gasteiger partial charge in [-0.1, -0.05) is 0 Å². The fraction of sp³-hybridized carbons (Fsp3) is 0.0833. The van der Waals surface area contributed by atoms with Crippen LogP contribution in [-0.4, -0.2) is 5.91 Å². The lowest BCUT2D eigenvalue weighted by Gasteiger charge is -1.99. The molecule has 0 aliphatic heterocycles. The molecule has 3 N–H and O–H groups in total. The first-order valence-corrected chi connectivity index (χ1v) is 6.15. The number of hydrogen-bond donors (Lipinski definition) is 2. The number of carbonyl (C=O) groups excluding carboxylic acids is 1. The van der Waals surface area contributed by atoms with Gasteiger partial charge in [0, 0.05) is 4.90 Å². The lowest BCUT2D eigenvalue weighted by atomic mass is 10.4. The first-order chi connectivity index (χ1) is 8.69. The van der Waals surface area contributed by atoms with Crippen LogP contribution in [0.3, 0.4) is 0 Å². The lowest BCUT2D eigenvalue weighted by molar-refractivity contribution is 0.0924. The molecule has 4 nitrogen and oxygen atoms in total. The highest BCUT2D eigenvalue weighted by Crippen LogP contribution is 2.23. The van der Waals surface area contributed by atoms with E-state index in [2.05, 4.69) is 0 Å². The molecule has 0 radical (unpaired) electrons. The third kappa shape index (κ3) is 3.12. The first kappa shape index (κ1) is 12.7. The molecule has 0 saturated carbocycles. The molecule has 0 aliphatic carbocycles. The second-order valence-corrected chi connectivity index (χ2v) is 4.53. The van der Waals surface area contributed by atoms with Gasteiger partial charge >= 0.3 is 5.91 Å². The summed E-state index contributed by atoms with van der Waals surface area (Å²) >= 11 is 1.49. The van der Waals surface area contributed by atoms with E-state index in [1.165, 1.54) is 23.9 Å². The summed E-state index contributed by atoms with van der Waals surface area (Å²) in [5.74, 6) is 5.65. The Kier molecular flexibility index (Phi) is 4.01. The summed E-state index contributed by atoms with van der Waals surface area (Å²) in [6, 6.07) is 9.45. The Bertz CT molecular complexity index is 539. The summed E-state index contributed by atoms with van der Waals surface area (Å²) < 4.78 is 18.0. The van der Waals surface area contributed by atoms with Crippen LogP contribution in [0, 0.1) is 5.82 Å². The molecule has 0 unspecified atom stereocenters. The lowest BCUT2D eigenvalue weighted by Crippen LogP contribution is -2.29. The molecule has 6 heteroatoms. The smallest absolute Gasteiger partial charge is 0.300 e. The molecule has 1 aromatic carbocycles. The van der Waals surface area contributed by atoms with Crippen molar-refractivity contribution in [2.45, 2.75) is 10.6 Å². The van der Waals surface area contributed by atoms with Crippen molar-refractivity contribution in [3.05, 3.63) is 53.7 Å². The quantitative estimate of drug-likeness (QED) is 0.385. The van der Waals surface area contributed by atoms with Gasteiger partial charge in [-0.15, -0.1) is 11.8 Å². The summed E-state index contributed by atoms with van der Waals surface area (Å²) in [5, 5.41) is 0. The molecular weight excluding hydrogens is 255 g/mol. The zero-order valence-electron chi connectivity index (χ0n) is 9.35. The average Bonchev–Trinajstić information content (AvgIpc) is 2.86.